The summed E-state index contributed by atoms with van der Waals surface area (Å²) in [7, 11) is 1.69. The quantitative estimate of drug-likeness (QED) is 0.441. The van der Waals surface area contributed by atoms with Crippen molar-refractivity contribution < 1.29 is 9.47 Å². The summed E-state index contributed by atoms with van der Waals surface area (Å²) in [5.74, 6) is 1.89. The van der Waals surface area contributed by atoms with Crippen molar-refractivity contribution in [2.75, 3.05) is 7.11 Å². The van der Waals surface area contributed by atoms with Crippen LogP contribution in [0.25, 0.3) is 12.2 Å². The van der Waals surface area contributed by atoms with E-state index in [4.69, 9.17) is 9.47 Å². The number of nitrogens with zero attached hydrogens (tertiary/aromatic N) is 1. The van der Waals surface area contributed by atoms with E-state index in [1.165, 1.54) is 24.0 Å². The maximum Gasteiger partial charge on any atom is 0.162 e. The van der Waals surface area contributed by atoms with E-state index in [0.29, 0.717) is 6.10 Å². The summed E-state index contributed by atoms with van der Waals surface area (Å²) in [6, 6.07) is 20.8. The Morgan fingerprint density at radius 1 is 0.933 bits per heavy atom. The lowest BCUT2D eigenvalue weighted by Crippen LogP contribution is -2.11. The summed E-state index contributed by atoms with van der Waals surface area (Å²) < 4.78 is 11.7. The van der Waals surface area contributed by atoms with Gasteiger partial charge in [-0.1, -0.05) is 55.5 Å². The van der Waals surface area contributed by atoms with E-state index in [1.807, 2.05) is 18.3 Å². The van der Waals surface area contributed by atoms with E-state index >= 15 is 0 Å². The number of aromatic nitrogens is 1. The first-order valence-electron chi connectivity index (χ1n) is 10.8. The fourth-order valence-corrected chi connectivity index (χ4v) is 4.11. The van der Waals surface area contributed by atoms with Crippen molar-refractivity contribution in [1.29, 1.82) is 0 Å². The molecule has 1 unspecified atom stereocenters. The summed E-state index contributed by atoms with van der Waals surface area (Å²) in [6.45, 7) is 2.23. The van der Waals surface area contributed by atoms with Crippen LogP contribution in [0.15, 0.2) is 66.9 Å². The molecule has 1 heterocycles. The molecule has 0 spiro atoms. The fraction of sp³-hybridized carbons (Fsp3) is 0.296. The van der Waals surface area contributed by atoms with Gasteiger partial charge in [0.05, 0.1) is 18.9 Å². The molecule has 0 radical (unpaired) electrons. The van der Waals surface area contributed by atoms with Gasteiger partial charge in [-0.25, -0.2) is 0 Å². The molecule has 1 fully saturated rings. The van der Waals surface area contributed by atoms with Gasteiger partial charge in [-0.05, 0) is 66.6 Å². The monoisotopic (exact) mass is 399 g/mol. The van der Waals surface area contributed by atoms with Crippen LogP contribution in [0.1, 0.15) is 60.9 Å². The lowest BCUT2D eigenvalue weighted by molar-refractivity contribution is 0.201. The van der Waals surface area contributed by atoms with Crippen LogP contribution in [-0.4, -0.2) is 18.2 Å². The van der Waals surface area contributed by atoms with Crippen LogP contribution in [0.5, 0.6) is 11.5 Å². The van der Waals surface area contributed by atoms with Gasteiger partial charge < -0.3 is 9.47 Å². The first kappa shape index (κ1) is 20.2. The van der Waals surface area contributed by atoms with Gasteiger partial charge >= 0.3 is 0 Å². The Bertz CT molecular complexity index is 991. The van der Waals surface area contributed by atoms with E-state index < -0.39 is 0 Å². The fourth-order valence-electron chi connectivity index (χ4n) is 4.11. The van der Waals surface area contributed by atoms with Crippen LogP contribution in [0.2, 0.25) is 0 Å². The van der Waals surface area contributed by atoms with Gasteiger partial charge in [0.25, 0.3) is 0 Å². The van der Waals surface area contributed by atoms with Gasteiger partial charge in [0.1, 0.15) is 0 Å². The van der Waals surface area contributed by atoms with Gasteiger partial charge in [-0.3, -0.25) is 4.98 Å². The lowest BCUT2D eigenvalue weighted by atomic mass is 9.92. The first-order valence-corrected chi connectivity index (χ1v) is 10.8. The number of benzene rings is 2. The molecule has 0 saturated heterocycles. The lowest BCUT2D eigenvalue weighted by Gasteiger charge is -2.16. The molecule has 2 aromatic carbocycles. The van der Waals surface area contributed by atoms with Crippen molar-refractivity contribution in [3.05, 3.63) is 89.2 Å². The van der Waals surface area contributed by atoms with Crippen LogP contribution in [0.3, 0.4) is 0 Å². The maximum atomic E-state index is 6.24. The minimum Gasteiger partial charge on any atom is -0.493 e. The van der Waals surface area contributed by atoms with Gasteiger partial charge in [-0.15, -0.1) is 0 Å². The van der Waals surface area contributed by atoms with Crippen LogP contribution in [0, 0.1) is 0 Å². The third kappa shape index (κ3) is 4.73. The van der Waals surface area contributed by atoms with Crippen LogP contribution < -0.4 is 9.47 Å². The number of rotatable bonds is 7. The summed E-state index contributed by atoms with van der Waals surface area (Å²) >= 11 is 0. The molecule has 1 saturated carbocycles. The SMILES string of the molecule is COc1ccc(C=Cc2ncccc2C(C)c2ccccc2)cc1OC1CCCC1. The number of hydrogen-bond donors (Lipinski definition) is 0. The van der Waals surface area contributed by atoms with Crippen LogP contribution in [0.4, 0.5) is 0 Å². The molecular formula is C27H29NO2. The predicted octanol–water partition coefficient (Wildman–Crippen LogP) is 6.73. The molecule has 154 valence electrons. The highest BCUT2D eigenvalue weighted by molar-refractivity contribution is 5.71. The normalized spacial score (nSPS) is 15.4. The van der Waals surface area contributed by atoms with E-state index in [0.717, 1.165) is 35.6 Å². The van der Waals surface area contributed by atoms with E-state index in [-0.39, 0.29) is 5.92 Å². The Kier molecular flexibility index (Phi) is 6.48. The summed E-state index contributed by atoms with van der Waals surface area (Å²) in [5.41, 5.74) is 4.57. The number of hydrogen-bond acceptors (Lipinski definition) is 3. The molecule has 4 rings (SSSR count). The van der Waals surface area contributed by atoms with Crippen molar-refractivity contribution in [2.24, 2.45) is 0 Å². The third-order valence-electron chi connectivity index (χ3n) is 5.85. The zero-order chi connectivity index (χ0) is 20.8. The highest BCUT2D eigenvalue weighted by Crippen LogP contribution is 2.33. The molecule has 0 amide bonds. The highest BCUT2D eigenvalue weighted by Gasteiger charge is 2.18. The highest BCUT2D eigenvalue weighted by atomic mass is 16.5. The van der Waals surface area contributed by atoms with E-state index in [9.17, 15) is 0 Å². The Morgan fingerprint density at radius 2 is 1.73 bits per heavy atom. The number of methoxy groups -OCH3 is 1. The van der Waals surface area contributed by atoms with Crippen molar-refractivity contribution in [3.63, 3.8) is 0 Å². The zero-order valence-corrected chi connectivity index (χ0v) is 17.8. The largest absolute Gasteiger partial charge is 0.493 e. The molecule has 0 bridgehead atoms. The molecule has 3 nitrogen and oxygen atoms in total. The predicted molar refractivity (Wildman–Crippen MR) is 123 cm³/mol. The summed E-state index contributed by atoms with van der Waals surface area (Å²) in [4.78, 5) is 4.64. The Balaban J connectivity index is 1.58. The second-order valence-corrected chi connectivity index (χ2v) is 7.88. The Morgan fingerprint density at radius 3 is 2.50 bits per heavy atom. The summed E-state index contributed by atoms with van der Waals surface area (Å²) in [6.07, 6.45) is 11.1. The van der Waals surface area contributed by atoms with Crippen molar-refractivity contribution in [2.45, 2.75) is 44.6 Å². The van der Waals surface area contributed by atoms with Crippen molar-refractivity contribution >= 4 is 12.2 Å². The number of pyridine rings is 1. The third-order valence-corrected chi connectivity index (χ3v) is 5.85. The zero-order valence-electron chi connectivity index (χ0n) is 17.8. The minimum atomic E-state index is 0.275. The molecule has 1 aliphatic carbocycles. The van der Waals surface area contributed by atoms with E-state index in [1.54, 1.807) is 7.11 Å². The number of ether oxygens (including phenoxy) is 2. The average Bonchev–Trinajstić information content (AvgIpc) is 3.31. The minimum absolute atomic E-state index is 0.275. The van der Waals surface area contributed by atoms with Gasteiger partial charge in [0.2, 0.25) is 0 Å². The van der Waals surface area contributed by atoms with Gasteiger partial charge in [-0.2, -0.15) is 0 Å². The molecule has 0 N–H and O–H groups in total. The topological polar surface area (TPSA) is 31.4 Å². The Labute approximate surface area is 179 Å². The summed E-state index contributed by atoms with van der Waals surface area (Å²) in [5, 5.41) is 0. The molecule has 1 aromatic heterocycles. The second-order valence-electron chi connectivity index (χ2n) is 7.88. The molecule has 30 heavy (non-hydrogen) atoms. The second kappa shape index (κ2) is 9.62. The first-order chi connectivity index (χ1) is 14.7. The molecule has 1 atom stereocenters. The van der Waals surface area contributed by atoms with Crippen LogP contribution >= 0.6 is 0 Å². The Hall–Kier alpha value is -3.07. The standard InChI is InChI=1S/C27H29NO2/c1-20(22-9-4-3-5-10-22)24-13-8-18-28-25(24)16-14-21-15-17-26(29-2)27(19-21)30-23-11-6-7-12-23/h3-5,8-10,13-20,23H,6-7,11-12H2,1-2H3. The molecule has 3 heteroatoms. The molecule has 1 aliphatic rings. The average molecular weight is 400 g/mol. The maximum absolute atomic E-state index is 6.24. The smallest absolute Gasteiger partial charge is 0.162 e. The molecule has 3 aromatic rings. The van der Waals surface area contributed by atoms with Crippen molar-refractivity contribution in [3.8, 4) is 11.5 Å². The molecule has 0 aliphatic heterocycles. The van der Waals surface area contributed by atoms with Crippen molar-refractivity contribution in [1.82, 2.24) is 4.98 Å². The van der Waals surface area contributed by atoms with E-state index in [2.05, 4.69) is 72.6 Å². The van der Waals surface area contributed by atoms with Gasteiger partial charge in [0.15, 0.2) is 11.5 Å². The van der Waals surface area contributed by atoms with Crippen LogP contribution in [-0.2, 0) is 0 Å². The molecular weight excluding hydrogens is 370 g/mol. The van der Waals surface area contributed by atoms with Gasteiger partial charge in [0, 0.05) is 12.1 Å².